The Hall–Kier alpha value is -2.24. The summed E-state index contributed by atoms with van der Waals surface area (Å²) in [6.45, 7) is 5.98. The zero-order valence-electron chi connectivity index (χ0n) is 11.8. The van der Waals surface area contributed by atoms with Gasteiger partial charge in [0.2, 0.25) is 5.91 Å². The molecule has 6 nitrogen and oxygen atoms in total. The predicted octanol–water partition coefficient (Wildman–Crippen LogP) is 1.94. The maximum atomic E-state index is 11.6. The Morgan fingerprint density at radius 3 is 2.40 bits per heavy atom. The Morgan fingerprint density at radius 1 is 1.25 bits per heavy atom. The minimum atomic E-state index is 0.0586. The fraction of sp³-hybridized carbons (Fsp3) is 0.429. The van der Waals surface area contributed by atoms with Gasteiger partial charge in [-0.3, -0.25) is 4.79 Å². The molecule has 2 aromatic heterocycles. The lowest BCUT2D eigenvalue weighted by atomic mass is 10.2. The average Bonchev–Trinajstić information content (AvgIpc) is 3.25. The van der Waals surface area contributed by atoms with Crippen LogP contribution in [0.25, 0.3) is 5.95 Å². The Balaban J connectivity index is 1.81. The van der Waals surface area contributed by atoms with Crippen LogP contribution in [0.1, 0.15) is 29.8 Å². The fourth-order valence-corrected chi connectivity index (χ4v) is 2.00. The fourth-order valence-electron chi connectivity index (χ4n) is 2.00. The predicted molar refractivity (Wildman–Crippen MR) is 74.7 cm³/mol. The molecule has 0 atom stereocenters. The van der Waals surface area contributed by atoms with Crippen molar-refractivity contribution in [2.45, 2.75) is 33.6 Å². The highest BCUT2D eigenvalue weighted by Gasteiger charge is 2.29. The molecule has 0 saturated heterocycles. The van der Waals surface area contributed by atoms with Crippen LogP contribution in [0.15, 0.2) is 12.4 Å². The summed E-state index contributed by atoms with van der Waals surface area (Å²) in [6.07, 6.45) is 5.20. The summed E-state index contributed by atoms with van der Waals surface area (Å²) in [7, 11) is 0. The molecule has 1 saturated carbocycles. The molecule has 0 unspecified atom stereocenters. The Kier molecular flexibility index (Phi) is 3.00. The third-order valence-electron chi connectivity index (χ3n) is 3.70. The van der Waals surface area contributed by atoms with E-state index in [1.165, 1.54) is 0 Å². The van der Waals surface area contributed by atoms with Crippen molar-refractivity contribution in [3.63, 3.8) is 0 Å². The first kappa shape index (κ1) is 12.8. The SMILES string of the molecule is Cc1nn(-c2ncc(NC(=O)C3CC3)cn2)c(C)c1C. The molecule has 0 radical (unpaired) electrons. The van der Waals surface area contributed by atoms with Gasteiger partial charge < -0.3 is 5.32 Å². The highest BCUT2D eigenvalue weighted by atomic mass is 16.2. The van der Waals surface area contributed by atoms with Gasteiger partial charge in [-0.05, 0) is 39.2 Å². The van der Waals surface area contributed by atoms with Crippen molar-refractivity contribution in [3.8, 4) is 5.95 Å². The van der Waals surface area contributed by atoms with E-state index in [2.05, 4.69) is 20.4 Å². The van der Waals surface area contributed by atoms with Crippen LogP contribution in [0.5, 0.6) is 0 Å². The summed E-state index contributed by atoms with van der Waals surface area (Å²) in [4.78, 5) is 20.2. The smallest absolute Gasteiger partial charge is 0.250 e. The number of anilines is 1. The molecule has 2 aromatic rings. The van der Waals surface area contributed by atoms with E-state index in [0.29, 0.717) is 11.6 Å². The van der Waals surface area contributed by atoms with E-state index in [1.54, 1.807) is 17.1 Å². The summed E-state index contributed by atoms with van der Waals surface area (Å²) in [5, 5.41) is 7.23. The average molecular weight is 271 g/mol. The molecule has 1 aliphatic carbocycles. The molecule has 2 heterocycles. The third kappa shape index (κ3) is 2.29. The number of amides is 1. The number of carbonyl (C=O) groups excluding carboxylic acids is 1. The van der Waals surface area contributed by atoms with E-state index in [-0.39, 0.29) is 11.8 Å². The first-order valence-corrected chi connectivity index (χ1v) is 6.72. The van der Waals surface area contributed by atoms with Gasteiger partial charge in [-0.15, -0.1) is 0 Å². The number of rotatable bonds is 3. The van der Waals surface area contributed by atoms with Crippen molar-refractivity contribution in [2.24, 2.45) is 5.92 Å². The second-order valence-corrected chi connectivity index (χ2v) is 5.24. The van der Waals surface area contributed by atoms with Crippen LogP contribution < -0.4 is 5.32 Å². The number of hydrogen-bond donors (Lipinski definition) is 1. The van der Waals surface area contributed by atoms with E-state index < -0.39 is 0 Å². The molecule has 104 valence electrons. The van der Waals surface area contributed by atoms with E-state index in [4.69, 9.17) is 0 Å². The number of nitrogens with one attached hydrogen (secondary N) is 1. The van der Waals surface area contributed by atoms with Crippen LogP contribution in [0.3, 0.4) is 0 Å². The molecule has 1 amide bonds. The molecule has 20 heavy (non-hydrogen) atoms. The first-order chi connectivity index (χ1) is 9.56. The Morgan fingerprint density at radius 2 is 1.90 bits per heavy atom. The lowest BCUT2D eigenvalue weighted by Crippen LogP contribution is -2.14. The Labute approximate surface area is 117 Å². The molecular formula is C14H17N5O. The number of carbonyl (C=O) groups is 1. The van der Waals surface area contributed by atoms with Crippen LogP contribution >= 0.6 is 0 Å². The van der Waals surface area contributed by atoms with E-state index in [1.807, 2.05) is 20.8 Å². The normalized spacial score (nSPS) is 14.3. The second-order valence-electron chi connectivity index (χ2n) is 5.24. The Bertz CT molecular complexity index is 655. The van der Waals surface area contributed by atoms with Gasteiger partial charge in [0.1, 0.15) is 0 Å². The zero-order valence-corrected chi connectivity index (χ0v) is 11.8. The van der Waals surface area contributed by atoms with Crippen LogP contribution in [0, 0.1) is 26.7 Å². The van der Waals surface area contributed by atoms with Crippen molar-refractivity contribution < 1.29 is 4.79 Å². The lowest BCUT2D eigenvalue weighted by molar-refractivity contribution is -0.117. The van der Waals surface area contributed by atoms with Gasteiger partial charge in [-0.25, -0.2) is 14.6 Å². The molecule has 0 aliphatic heterocycles. The molecule has 1 fully saturated rings. The minimum absolute atomic E-state index is 0.0586. The topological polar surface area (TPSA) is 72.7 Å². The summed E-state index contributed by atoms with van der Waals surface area (Å²) in [5.41, 5.74) is 3.76. The quantitative estimate of drug-likeness (QED) is 0.925. The van der Waals surface area contributed by atoms with Crippen LogP contribution in [-0.4, -0.2) is 25.7 Å². The van der Waals surface area contributed by atoms with Gasteiger partial charge in [0.25, 0.3) is 5.95 Å². The largest absolute Gasteiger partial charge is 0.323 e. The minimum Gasteiger partial charge on any atom is -0.323 e. The van der Waals surface area contributed by atoms with Gasteiger partial charge in [0.05, 0.1) is 23.8 Å². The summed E-state index contributed by atoms with van der Waals surface area (Å²) in [5.74, 6) is 0.750. The molecule has 0 spiro atoms. The maximum Gasteiger partial charge on any atom is 0.250 e. The zero-order chi connectivity index (χ0) is 14.3. The molecule has 3 rings (SSSR count). The molecule has 6 heteroatoms. The highest BCUT2D eigenvalue weighted by Crippen LogP contribution is 2.30. The highest BCUT2D eigenvalue weighted by molar-refractivity contribution is 5.93. The van der Waals surface area contributed by atoms with Crippen molar-refractivity contribution in [2.75, 3.05) is 5.32 Å². The van der Waals surface area contributed by atoms with Gasteiger partial charge >= 0.3 is 0 Å². The maximum absolute atomic E-state index is 11.6. The number of aryl methyl sites for hydroxylation is 1. The second kappa shape index (κ2) is 4.70. The number of nitrogens with zero attached hydrogens (tertiary/aromatic N) is 4. The van der Waals surface area contributed by atoms with Crippen molar-refractivity contribution in [1.29, 1.82) is 0 Å². The van der Waals surface area contributed by atoms with Crippen molar-refractivity contribution in [3.05, 3.63) is 29.3 Å². The van der Waals surface area contributed by atoms with E-state index >= 15 is 0 Å². The number of aromatic nitrogens is 4. The molecule has 1 N–H and O–H groups in total. The molecular weight excluding hydrogens is 254 g/mol. The van der Waals surface area contributed by atoms with Crippen LogP contribution in [-0.2, 0) is 4.79 Å². The molecule has 0 aromatic carbocycles. The monoisotopic (exact) mass is 271 g/mol. The van der Waals surface area contributed by atoms with E-state index in [9.17, 15) is 4.79 Å². The van der Waals surface area contributed by atoms with Gasteiger partial charge in [-0.1, -0.05) is 0 Å². The van der Waals surface area contributed by atoms with Crippen LogP contribution in [0.2, 0.25) is 0 Å². The summed E-state index contributed by atoms with van der Waals surface area (Å²) < 4.78 is 1.72. The van der Waals surface area contributed by atoms with Crippen molar-refractivity contribution in [1.82, 2.24) is 19.7 Å². The van der Waals surface area contributed by atoms with Gasteiger partial charge in [0.15, 0.2) is 0 Å². The van der Waals surface area contributed by atoms with Crippen LogP contribution in [0.4, 0.5) is 5.69 Å². The van der Waals surface area contributed by atoms with E-state index in [0.717, 1.165) is 29.8 Å². The van der Waals surface area contributed by atoms with Crippen molar-refractivity contribution >= 4 is 11.6 Å². The standard InChI is InChI=1S/C14H17N5O/c1-8-9(2)18-19(10(8)3)14-15-6-12(7-16-14)17-13(20)11-4-5-11/h6-7,11H,4-5H2,1-3H3,(H,17,20). The van der Waals surface area contributed by atoms with Gasteiger partial charge in [0, 0.05) is 11.6 Å². The molecule has 0 bridgehead atoms. The summed E-state index contributed by atoms with van der Waals surface area (Å²) >= 11 is 0. The lowest BCUT2D eigenvalue weighted by Gasteiger charge is -2.05. The molecule has 1 aliphatic rings. The summed E-state index contributed by atoms with van der Waals surface area (Å²) in [6, 6.07) is 0. The third-order valence-corrected chi connectivity index (χ3v) is 3.70. The number of hydrogen-bond acceptors (Lipinski definition) is 4. The first-order valence-electron chi connectivity index (χ1n) is 6.72. The van der Waals surface area contributed by atoms with Gasteiger partial charge in [-0.2, -0.15) is 5.10 Å².